The second kappa shape index (κ2) is 6.38. The second-order valence-corrected chi connectivity index (χ2v) is 6.09. The Morgan fingerprint density at radius 3 is 2.62 bits per heavy atom. The highest BCUT2D eigenvalue weighted by atomic mass is 16.6. The van der Waals surface area contributed by atoms with Crippen LogP contribution in [0, 0.1) is 17.0 Å². The Morgan fingerprint density at radius 2 is 2.04 bits per heavy atom. The Labute approximate surface area is 139 Å². The van der Waals surface area contributed by atoms with E-state index in [4.69, 9.17) is 0 Å². The lowest BCUT2D eigenvalue weighted by molar-refractivity contribution is -0.385. The van der Waals surface area contributed by atoms with Crippen LogP contribution in [0.25, 0.3) is 0 Å². The maximum Gasteiger partial charge on any atom is 0.285 e. The van der Waals surface area contributed by atoms with Crippen molar-refractivity contribution < 1.29 is 9.72 Å². The number of amides is 1. The molecular formula is C16H19N5O3. The molecule has 0 spiro atoms. The van der Waals surface area contributed by atoms with Crippen LogP contribution in [0.2, 0.25) is 0 Å². The van der Waals surface area contributed by atoms with Crippen molar-refractivity contribution in [1.82, 2.24) is 19.7 Å². The molecule has 2 aromatic rings. The van der Waals surface area contributed by atoms with E-state index >= 15 is 0 Å². The number of likely N-dealkylation sites (tertiary alicyclic amines) is 1. The van der Waals surface area contributed by atoms with Crippen LogP contribution in [-0.4, -0.2) is 43.6 Å². The van der Waals surface area contributed by atoms with Crippen LogP contribution in [0.15, 0.2) is 24.5 Å². The minimum absolute atomic E-state index is 0.0991. The smallest absolute Gasteiger partial charge is 0.285 e. The normalized spacial score (nSPS) is 15.5. The summed E-state index contributed by atoms with van der Waals surface area (Å²) in [5, 5.41) is 19.3. The topological polar surface area (TPSA) is 94.2 Å². The Kier molecular flexibility index (Phi) is 4.28. The van der Waals surface area contributed by atoms with Crippen LogP contribution in [0.4, 0.5) is 5.69 Å². The average molecular weight is 329 g/mol. The number of carbonyl (C=O) groups is 1. The second-order valence-electron chi connectivity index (χ2n) is 6.09. The third-order valence-electron chi connectivity index (χ3n) is 4.54. The summed E-state index contributed by atoms with van der Waals surface area (Å²) in [4.78, 5) is 25.2. The number of rotatable bonds is 3. The van der Waals surface area contributed by atoms with Crippen molar-refractivity contribution in [3.8, 4) is 0 Å². The lowest BCUT2D eigenvalue weighted by atomic mass is 9.95. The minimum Gasteiger partial charge on any atom is -0.338 e. The molecule has 0 radical (unpaired) electrons. The Morgan fingerprint density at radius 1 is 1.33 bits per heavy atom. The first-order valence-corrected chi connectivity index (χ1v) is 7.86. The molecule has 8 heteroatoms. The zero-order valence-corrected chi connectivity index (χ0v) is 13.7. The van der Waals surface area contributed by atoms with Gasteiger partial charge in [0.25, 0.3) is 11.6 Å². The van der Waals surface area contributed by atoms with Crippen LogP contribution in [0.1, 0.15) is 40.5 Å². The van der Waals surface area contributed by atoms with E-state index in [0.717, 1.165) is 18.7 Å². The Balaban J connectivity index is 1.76. The molecule has 1 saturated heterocycles. The highest BCUT2D eigenvalue weighted by molar-refractivity contribution is 5.98. The molecule has 24 heavy (non-hydrogen) atoms. The Hall–Kier alpha value is -2.77. The van der Waals surface area contributed by atoms with Gasteiger partial charge in [-0.1, -0.05) is 12.1 Å². The van der Waals surface area contributed by atoms with E-state index in [1.165, 1.54) is 6.07 Å². The quantitative estimate of drug-likeness (QED) is 0.634. The number of nitro groups is 1. The van der Waals surface area contributed by atoms with Crippen molar-refractivity contribution in [3.63, 3.8) is 0 Å². The molecule has 0 aliphatic carbocycles. The third-order valence-corrected chi connectivity index (χ3v) is 4.54. The standard InChI is InChI=1S/C16H19N5O3/c1-11-4-3-5-13(14(11)21(23)24)16(22)20-8-6-12(7-9-20)15-18-17-10-19(15)2/h3-5,10,12H,6-9H2,1-2H3. The predicted octanol–water partition coefficient (Wildman–Crippen LogP) is 2.05. The molecule has 0 bridgehead atoms. The van der Waals surface area contributed by atoms with Crippen LogP contribution >= 0.6 is 0 Å². The summed E-state index contributed by atoms with van der Waals surface area (Å²) >= 11 is 0. The summed E-state index contributed by atoms with van der Waals surface area (Å²) in [6.07, 6.45) is 3.22. The molecule has 8 nitrogen and oxygen atoms in total. The number of piperidine rings is 1. The maximum atomic E-state index is 12.7. The van der Waals surface area contributed by atoms with Crippen LogP contribution in [-0.2, 0) is 7.05 Å². The van der Waals surface area contributed by atoms with Gasteiger partial charge in [-0.2, -0.15) is 0 Å². The van der Waals surface area contributed by atoms with Gasteiger partial charge in [0.2, 0.25) is 0 Å². The minimum atomic E-state index is -0.477. The van der Waals surface area contributed by atoms with Crippen molar-refractivity contribution in [2.75, 3.05) is 13.1 Å². The molecule has 1 aliphatic heterocycles. The number of hydrogen-bond acceptors (Lipinski definition) is 5. The molecule has 0 atom stereocenters. The molecule has 1 fully saturated rings. The number of nitro benzene ring substituents is 1. The molecule has 0 saturated carbocycles. The molecule has 126 valence electrons. The van der Waals surface area contributed by atoms with Gasteiger partial charge in [0, 0.05) is 31.6 Å². The van der Waals surface area contributed by atoms with E-state index in [0.29, 0.717) is 18.7 Å². The van der Waals surface area contributed by atoms with E-state index in [-0.39, 0.29) is 23.1 Å². The van der Waals surface area contributed by atoms with Gasteiger partial charge in [-0.05, 0) is 25.8 Å². The fourth-order valence-electron chi connectivity index (χ4n) is 3.25. The number of hydrogen-bond donors (Lipinski definition) is 0. The number of benzene rings is 1. The fourth-order valence-corrected chi connectivity index (χ4v) is 3.25. The van der Waals surface area contributed by atoms with E-state index in [9.17, 15) is 14.9 Å². The maximum absolute atomic E-state index is 12.7. The lowest BCUT2D eigenvalue weighted by Crippen LogP contribution is -2.38. The number of carbonyl (C=O) groups excluding carboxylic acids is 1. The molecule has 1 aromatic carbocycles. The van der Waals surface area contributed by atoms with E-state index in [2.05, 4.69) is 10.2 Å². The van der Waals surface area contributed by atoms with Gasteiger partial charge in [-0.25, -0.2) is 0 Å². The average Bonchev–Trinajstić information content (AvgIpc) is 3.00. The van der Waals surface area contributed by atoms with Gasteiger partial charge in [-0.15, -0.1) is 10.2 Å². The van der Waals surface area contributed by atoms with Crippen molar-refractivity contribution in [1.29, 1.82) is 0 Å². The number of para-hydroxylation sites is 1. The molecule has 1 amide bonds. The fraction of sp³-hybridized carbons (Fsp3) is 0.438. The third kappa shape index (κ3) is 2.86. The number of aryl methyl sites for hydroxylation is 2. The van der Waals surface area contributed by atoms with Gasteiger partial charge in [0.05, 0.1) is 4.92 Å². The molecular weight excluding hydrogens is 310 g/mol. The van der Waals surface area contributed by atoms with E-state index in [1.54, 1.807) is 30.3 Å². The largest absolute Gasteiger partial charge is 0.338 e. The summed E-state index contributed by atoms with van der Waals surface area (Å²) in [5.41, 5.74) is 0.565. The van der Waals surface area contributed by atoms with Gasteiger partial charge >= 0.3 is 0 Å². The Bertz CT molecular complexity index is 778. The van der Waals surface area contributed by atoms with Crippen LogP contribution < -0.4 is 0 Å². The predicted molar refractivity (Wildman–Crippen MR) is 86.7 cm³/mol. The zero-order chi connectivity index (χ0) is 17.3. The van der Waals surface area contributed by atoms with Crippen LogP contribution in [0.3, 0.4) is 0 Å². The molecule has 0 unspecified atom stereocenters. The molecule has 2 heterocycles. The van der Waals surface area contributed by atoms with Gasteiger partial charge in [0.15, 0.2) is 0 Å². The van der Waals surface area contributed by atoms with Crippen LogP contribution in [0.5, 0.6) is 0 Å². The first kappa shape index (κ1) is 16.1. The summed E-state index contributed by atoms with van der Waals surface area (Å²) in [6, 6.07) is 4.86. The number of aromatic nitrogens is 3. The van der Waals surface area contributed by atoms with Crippen molar-refractivity contribution in [3.05, 3.63) is 51.6 Å². The van der Waals surface area contributed by atoms with Gasteiger partial charge < -0.3 is 9.47 Å². The van der Waals surface area contributed by atoms with E-state index in [1.807, 2.05) is 11.6 Å². The summed E-state index contributed by atoms with van der Waals surface area (Å²) < 4.78 is 1.90. The molecule has 3 rings (SSSR count). The summed E-state index contributed by atoms with van der Waals surface area (Å²) in [6.45, 7) is 2.76. The highest BCUT2D eigenvalue weighted by Gasteiger charge is 2.30. The molecule has 1 aromatic heterocycles. The van der Waals surface area contributed by atoms with Crippen molar-refractivity contribution in [2.45, 2.75) is 25.7 Å². The highest BCUT2D eigenvalue weighted by Crippen LogP contribution is 2.29. The zero-order valence-electron chi connectivity index (χ0n) is 13.7. The monoisotopic (exact) mass is 329 g/mol. The summed E-state index contributed by atoms with van der Waals surface area (Å²) in [7, 11) is 1.91. The first-order valence-electron chi connectivity index (χ1n) is 7.86. The summed E-state index contributed by atoms with van der Waals surface area (Å²) in [5.74, 6) is 0.902. The number of nitrogens with zero attached hydrogens (tertiary/aromatic N) is 5. The molecule has 0 N–H and O–H groups in total. The van der Waals surface area contributed by atoms with E-state index < -0.39 is 4.92 Å². The van der Waals surface area contributed by atoms with Gasteiger partial charge in [0.1, 0.15) is 17.7 Å². The first-order chi connectivity index (χ1) is 11.5. The van der Waals surface area contributed by atoms with Crippen molar-refractivity contribution in [2.24, 2.45) is 7.05 Å². The van der Waals surface area contributed by atoms with Gasteiger partial charge in [-0.3, -0.25) is 14.9 Å². The molecule has 1 aliphatic rings. The lowest BCUT2D eigenvalue weighted by Gasteiger charge is -2.31. The SMILES string of the molecule is Cc1cccc(C(=O)N2CCC(c3nncn3C)CC2)c1[N+](=O)[O-]. The van der Waals surface area contributed by atoms with Crippen molar-refractivity contribution >= 4 is 11.6 Å².